The maximum absolute atomic E-state index is 13.5. The van der Waals surface area contributed by atoms with E-state index in [1.165, 1.54) is 0 Å². The van der Waals surface area contributed by atoms with Gasteiger partial charge in [0.15, 0.2) is 0 Å². The predicted molar refractivity (Wildman–Crippen MR) is 118 cm³/mol. The molecule has 2 fully saturated rings. The van der Waals surface area contributed by atoms with Gasteiger partial charge in [0.25, 0.3) is 0 Å². The number of carboxylic acids is 1. The van der Waals surface area contributed by atoms with E-state index in [0.29, 0.717) is 51.7 Å². The van der Waals surface area contributed by atoms with E-state index in [2.05, 4.69) is 5.32 Å². The summed E-state index contributed by atoms with van der Waals surface area (Å²) in [6.07, 6.45) is 3.47. The zero-order valence-corrected chi connectivity index (χ0v) is 18.9. The molecule has 2 heterocycles. The van der Waals surface area contributed by atoms with Crippen molar-refractivity contribution in [1.29, 1.82) is 0 Å². The van der Waals surface area contributed by atoms with Crippen LogP contribution in [0.2, 0.25) is 0 Å². The van der Waals surface area contributed by atoms with Crippen LogP contribution < -0.4 is 5.32 Å². The summed E-state index contributed by atoms with van der Waals surface area (Å²) in [5.74, 6) is -1.68. The summed E-state index contributed by atoms with van der Waals surface area (Å²) < 4.78 is 10.7. The van der Waals surface area contributed by atoms with Crippen molar-refractivity contribution < 1.29 is 29.0 Å². The lowest BCUT2D eigenvalue weighted by molar-refractivity contribution is -0.156. The normalized spacial score (nSPS) is 21.8. The van der Waals surface area contributed by atoms with Crippen LogP contribution in [0.5, 0.6) is 0 Å². The Morgan fingerprint density at radius 1 is 1.22 bits per heavy atom. The smallest absolute Gasteiger partial charge is 0.326 e. The molecule has 3 rings (SSSR count). The molecule has 1 aromatic rings. The van der Waals surface area contributed by atoms with Crippen LogP contribution >= 0.6 is 0 Å². The van der Waals surface area contributed by atoms with Gasteiger partial charge in [0.05, 0.1) is 12.6 Å². The summed E-state index contributed by atoms with van der Waals surface area (Å²) in [5.41, 5.74) is 0.604. The molecule has 32 heavy (non-hydrogen) atoms. The first kappa shape index (κ1) is 24.2. The molecule has 1 aromatic carbocycles. The minimum atomic E-state index is -0.986. The maximum atomic E-state index is 13.5. The van der Waals surface area contributed by atoms with E-state index in [0.717, 1.165) is 5.56 Å². The van der Waals surface area contributed by atoms with Crippen LogP contribution in [-0.2, 0) is 30.3 Å². The van der Waals surface area contributed by atoms with Gasteiger partial charge in [-0.1, -0.05) is 30.3 Å². The quantitative estimate of drug-likeness (QED) is 0.560. The Kier molecular flexibility index (Phi) is 8.26. The van der Waals surface area contributed by atoms with Gasteiger partial charge in [0.1, 0.15) is 12.1 Å². The Hall–Kier alpha value is -2.45. The summed E-state index contributed by atoms with van der Waals surface area (Å²) >= 11 is 0. The van der Waals surface area contributed by atoms with E-state index in [1.807, 2.05) is 30.3 Å². The van der Waals surface area contributed by atoms with Crippen LogP contribution in [-0.4, -0.2) is 71.3 Å². The molecule has 2 saturated heterocycles. The van der Waals surface area contributed by atoms with Crippen LogP contribution in [0.4, 0.5) is 0 Å². The highest BCUT2D eigenvalue weighted by molar-refractivity contribution is 5.89. The predicted octanol–water partition coefficient (Wildman–Crippen LogP) is 2.15. The number of aliphatic carboxylic acids is 1. The van der Waals surface area contributed by atoms with E-state index in [4.69, 9.17) is 9.47 Å². The van der Waals surface area contributed by atoms with Gasteiger partial charge in [0, 0.05) is 18.8 Å². The summed E-state index contributed by atoms with van der Waals surface area (Å²) in [7, 11) is 0. The summed E-state index contributed by atoms with van der Waals surface area (Å²) in [5, 5.41) is 12.9. The third-order valence-electron chi connectivity index (χ3n) is 6.61. The minimum absolute atomic E-state index is 0.251. The van der Waals surface area contributed by atoms with E-state index in [9.17, 15) is 19.5 Å². The van der Waals surface area contributed by atoms with Gasteiger partial charge in [-0.15, -0.1) is 0 Å². The van der Waals surface area contributed by atoms with Gasteiger partial charge in [-0.2, -0.15) is 0 Å². The number of hydrogen-bond acceptors (Lipinski definition) is 6. The highest BCUT2D eigenvalue weighted by atomic mass is 16.5. The number of amides is 1. The number of nitrogens with zero attached hydrogens (tertiary/aromatic N) is 1. The molecule has 0 bridgehead atoms. The lowest BCUT2D eigenvalue weighted by Gasteiger charge is -2.44. The number of nitrogens with one attached hydrogen (secondary N) is 1. The van der Waals surface area contributed by atoms with E-state index < -0.39 is 35.6 Å². The molecule has 1 amide bonds. The van der Waals surface area contributed by atoms with Crippen molar-refractivity contribution >= 4 is 17.8 Å². The third kappa shape index (κ3) is 5.48. The van der Waals surface area contributed by atoms with Crippen LogP contribution in [0.25, 0.3) is 0 Å². The zero-order valence-electron chi connectivity index (χ0n) is 18.9. The number of benzene rings is 1. The van der Waals surface area contributed by atoms with Crippen molar-refractivity contribution in [1.82, 2.24) is 10.2 Å². The van der Waals surface area contributed by atoms with Crippen molar-refractivity contribution in [2.24, 2.45) is 0 Å². The zero-order chi connectivity index (χ0) is 23.1. The number of carbonyl (C=O) groups excluding carboxylic acids is 2. The van der Waals surface area contributed by atoms with Crippen LogP contribution in [0.1, 0.15) is 51.5 Å². The lowest BCUT2D eigenvalue weighted by atomic mass is 9.87. The number of esters is 1. The first-order valence-electron chi connectivity index (χ1n) is 11.5. The second kappa shape index (κ2) is 10.9. The highest BCUT2D eigenvalue weighted by Crippen LogP contribution is 2.41. The number of carboxylic acid groups (broad SMARTS) is 1. The molecule has 8 nitrogen and oxygen atoms in total. The van der Waals surface area contributed by atoms with Gasteiger partial charge < -0.3 is 19.5 Å². The van der Waals surface area contributed by atoms with Gasteiger partial charge in [0.2, 0.25) is 5.91 Å². The third-order valence-corrected chi connectivity index (χ3v) is 6.61. The van der Waals surface area contributed by atoms with Gasteiger partial charge in [-0.05, 0) is 57.9 Å². The molecular formula is C24H34N2O6. The first-order chi connectivity index (χ1) is 15.4. The number of aryl methyl sites for hydroxylation is 1. The minimum Gasteiger partial charge on any atom is -0.480 e. The second-order valence-electron chi connectivity index (χ2n) is 8.65. The summed E-state index contributed by atoms with van der Waals surface area (Å²) in [6.45, 7) is 4.72. The van der Waals surface area contributed by atoms with Gasteiger partial charge >= 0.3 is 11.9 Å². The molecule has 2 N–H and O–H groups in total. The van der Waals surface area contributed by atoms with Gasteiger partial charge in [-0.3, -0.25) is 14.9 Å². The summed E-state index contributed by atoms with van der Waals surface area (Å²) in [4.78, 5) is 39.6. The Morgan fingerprint density at radius 3 is 2.53 bits per heavy atom. The Labute approximate surface area is 189 Å². The summed E-state index contributed by atoms with van der Waals surface area (Å²) in [6, 6.07) is 7.58. The standard InChI is InChI=1S/C24H34N2O6/c1-3-32-23(30)19(10-9-18-7-5-4-6-8-18)25-17(2)21(27)26-20(22(28)29)11-12-24(26)13-15-31-16-14-24/h4-8,17,19-20,25H,3,9-16H2,1-2H3,(H,28,29)/t17-,19?,20?/m0/s1. The van der Waals surface area contributed by atoms with Crippen molar-refractivity contribution in [3.63, 3.8) is 0 Å². The van der Waals surface area contributed by atoms with Crippen LogP contribution in [0, 0.1) is 0 Å². The molecule has 176 valence electrons. The fraction of sp³-hybridized carbons (Fsp3) is 0.625. The largest absolute Gasteiger partial charge is 0.480 e. The van der Waals surface area contributed by atoms with Crippen molar-refractivity contribution in [3.8, 4) is 0 Å². The molecule has 0 aliphatic carbocycles. The molecule has 8 heteroatoms. The SMILES string of the molecule is CCOC(=O)C(CCc1ccccc1)N[C@@H](C)C(=O)N1C(C(=O)O)CCC12CCOCC2. The molecule has 0 radical (unpaired) electrons. The Bertz CT molecular complexity index is 793. The number of likely N-dealkylation sites (tertiary alicyclic amines) is 1. The molecule has 2 unspecified atom stereocenters. The Balaban J connectivity index is 1.74. The number of rotatable bonds is 9. The average molecular weight is 447 g/mol. The lowest BCUT2D eigenvalue weighted by Crippen LogP contribution is -2.60. The number of carbonyl (C=O) groups is 3. The molecule has 0 aromatic heterocycles. The Morgan fingerprint density at radius 2 is 1.91 bits per heavy atom. The van der Waals surface area contributed by atoms with E-state index >= 15 is 0 Å². The van der Waals surface area contributed by atoms with Crippen molar-refractivity contribution in [3.05, 3.63) is 35.9 Å². The van der Waals surface area contributed by atoms with Crippen molar-refractivity contribution in [2.45, 2.75) is 76.0 Å². The molecule has 3 atom stereocenters. The van der Waals surface area contributed by atoms with Crippen LogP contribution in [0.3, 0.4) is 0 Å². The van der Waals surface area contributed by atoms with Gasteiger partial charge in [-0.25, -0.2) is 4.79 Å². The molecular weight excluding hydrogens is 412 g/mol. The van der Waals surface area contributed by atoms with Crippen molar-refractivity contribution in [2.75, 3.05) is 19.8 Å². The van der Waals surface area contributed by atoms with E-state index in [1.54, 1.807) is 18.7 Å². The number of ether oxygens (including phenoxy) is 2. The highest BCUT2D eigenvalue weighted by Gasteiger charge is 2.52. The van der Waals surface area contributed by atoms with Crippen LogP contribution in [0.15, 0.2) is 30.3 Å². The second-order valence-corrected chi connectivity index (χ2v) is 8.65. The number of hydrogen-bond donors (Lipinski definition) is 2. The fourth-order valence-electron chi connectivity index (χ4n) is 4.90. The topological polar surface area (TPSA) is 105 Å². The fourth-order valence-corrected chi connectivity index (χ4v) is 4.90. The molecule has 1 spiro atoms. The average Bonchev–Trinajstić information content (AvgIpc) is 3.15. The molecule has 0 saturated carbocycles. The maximum Gasteiger partial charge on any atom is 0.326 e. The molecule has 2 aliphatic rings. The first-order valence-corrected chi connectivity index (χ1v) is 11.5. The molecule has 2 aliphatic heterocycles. The van der Waals surface area contributed by atoms with E-state index in [-0.39, 0.29) is 12.5 Å². The monoisotopic (exact) mass is 446 g/mol.